The minimum Gasteiger partial charge on any atom is -0.497 e. The predicted molar refractivity (Wildman–Crippen MR) is 122 cm³/mol. The number of aliphatic hydroxyl groups is 1. The molecule has 1 heterocycles. The second-order valence-corrected chi connectivity index (χ2v) is 8.64. The molecule has 0 radical (unpaired) electrons. The third-order valence-corrected chi connectivity index (χ3v) is 6.08. The van der Waals surface area contributed by atoms with Gasteiger partial charge in [0.2, 0.25) is 0 Å². The first-order valence-electron chi connectivity index (χ1n) is 9.89. The number of hydrogen-bond donors (Lipinski definition) is 1. The maximum atomic E-state index is 13.4. The first kappa shape index (κ1) is 21.3. The van der Waals surface area contributed by atoms with Crippen LogP contribution in [0.1, 0.15) is 33.5 Å². The Kier molecular flexibility index (Phi) is 5.69. The van der Waals surface area contributed by atoms with Gasteiger partial charge in [0.15, 0.2) is 11.4 Å². The van der Waals surface area contributed by atoms with Gasteiger partial charge < -0.3 is 14.7 Å². The van der Waals surface area contributed by atoms with Crippen molar-refractivity contribution < 1.29 is 19.4 Å². The van der Waals surface area contributed by atoms with Gasteiger partial charge in [0.25, 0.3) is 5.91 Å². The van der Waals surface area contributed by atoms with Crippen molar-refractivity contribution in [3.8, 4) is 5.75 Å². The Bertz CT molecular complexity index is 1140. The van der Waals surface area contributed by atoms with Gasteiger partial charge >= 0.3 is 0 Å². The van der Waals surface area contributed by atoms with Crippen molar-refractivity contribution in [1.82, 2.24) is 0 Å². The molecule has 1 atom stereocenters. The number of carbonyl (C=O) groups excluding carboxylic acids is 2. The van der Waals surface area contributed by atoms with Crippen LogP contribution in [0.4, 0.5) is 5.69 Å². The van der Waals surface area contributed by atoms with Crippen molar-refractivity contribution in [2.24, 2.45) is 0 Å². The molecular formula is C25H22BrNO4. The molecule has 1 N–H and O–H groups in total. The number of ketones is 1. The number of amides is 1. The minimum atomic E-state index is -1.93. The Hall–Kier alpha value is -2.96. The Morgan fingerprint density at radius 1 is 1.06 bits per heavy atom. The highest BCUT2D eigenvalue weighted by molar-refractivity contribution is 9.10. The molecule has 5 nitrogen and oxygen atoms in total. The normalized spacial score (nSPS) is 17.5. The van der Waals surface area contributed by atoms with Crippen LogP contribution >= 0.6 is 15.9 Å². The number of halogens is 1. The van der Waals surface area contributed by atoms with Crippen molar-refractivity contribution in [2.45, 2.75) is 25.5 Å². The van der Waals surface area contributed by atoms with Crippen LogP contribution in [0.2, 0.25) is 0 Å². The van der Waals surface area contributed by atoms with Crippen LogP contribution in [0.15, 0.2) is 71.2 Å². The van der Waals surface area contributed by atoms with Gasteiger partial charge in [0, 0.05) is 15.6 Å². The number of fused-ring (bicyclic) bond motifs is 1. The molecule has 0 aliphatic carbocycles. The molecule has 0 saturated carbocycles. The summed E-state index contributed by atoms with van der Waals surface area (Å²) in [6, 6.07) is 19.9. The molecule has 0 saturated heterocycles. The lowest BCUT2D eigenvalue weighted by Crippen LogP contribution is -2.41. The van der Waals surface area contributed by atoms with Crippen LogP contribution in [0.25, 0.3) is 0 Å². The largest absolute Gasteiger partial charge is 0.497 e. The van der Waals surface area contributed by atoms with Gasteiger partial charge in [-0.2, -0.15) is 0 Å². The third kappa shape index (κ3) is 4.01. The van der Waals surface area contributed by atoms with E-state index in [0.29, 0.717) is 29.1 Å². The van der Waals surface area contributed by atoms with Crippen LogP contribution in [0.3, 0.4) is 0 Å². The summed E-state index contributed by atoms with van der Waals surface area (Å²) in [5.41, 5.74) is 1.59. The Labute approximate surface area is 189 Å². The Balaban J connectivity index is 1.67. The molecule has 1 aliphatic heterocycles. The quantitative estimate of drug-likeness (QED) is 0.516. The van der Waals surface area contributed by atoms with E-state index in [4.69, 9.17) is 4.74 Å². The first-order valence-corrected chi connectivity index (χ1v) is 10.7. The fourth-order valence-corrected chi connectivity index (χ4v) is 4.20. The molecule has 0 unspecified atom stereocenters. The maximum absolute atomic E-state index is 13.4. The van der Waals surface area contributed by atoms with Crippen LogP contribution in [0.5, 0.6) is 5.75 Å². The zero-order valence-electron chi connectivity index (χ0n) is 17.3. The first-order chi connectivity index (χ1) is 14.8. The smallest absolute Gasteiger partial charge is 0.264 e. The zero-order valence-corrected chi connectivity index (χ0v) is 18.8. The number of methoxy groups -OCH3 is 1. The van der Waals surface area contributed by atoms with E-state index in [2.05, 4.69) is 15.9 Å². The monoisotopic (exact) mass is 479 g/mol. The average molecular weight is 480 g/mol. The number of hydrogen-bond acceptors (Lipinski definition) is 4. The highest BCUT2D eigenvalue weighted by Crippen LogP contribution is 2.44. The third-order valence-electron chi connectivity index (χ3n) is 5.58. The minimum absolute atomic E-state index is 0.312. The summed E-state index contributed by atoms with van der Waals surface area (Å²) >= 11 is 3.42. The van der Waals surface area contributed by atoms with Gasteiger partial charge in [-0.15, -0.1) is 0 Å². The number of carbonyl (C=O) groups is 2. The molecule has 0 bridgehead atoms. The molecule has 31 heavy (non-hydrogen) atoms. The molecule has 6 heteroatoms. The molecule has 1 amide bonds. The Morgan fingerprint density at radius 2 is 1.74 bits per heavy atom. The standard InChI is InChI=1S/C25H22BrNO4/c1-16-3-5-17(6-4-16)15-27-22-12-9-19(26)13-21(22)25(30,24(27)29)14-23(28)18-7-10-20(31-2)11-8-18/h3-13,30H,14-15H2,1-2H3/t25-/m1/s1. The lowest BCUT2D eigenvalue weighted by molar-refractivity contribution is -0.136. The van der Waals surface area contributed by atoms with Crippen molar-refractivity contribution in [3.05, 3.63) is 93.5 Å². The van der Waals surface area contributed by atoms with Crippen LogP contribution in [0, 0.1) is 6.92 Å². The van der Waals surface area contributed by atoms with E-state index >= 15 is 0 Å². The molecule has 0 spiro atoms. The summed E-state index contributed by atoms with van der Waals surface area (Å²) in [5.74, 6) is -0.185. The van der Waals surface area contributed by atoms with Gasteiger partial charge in [0.1, 0.15) is 5.75 Å². The SMILES string of the molecule is COc1ccc(C(=O)C[C@]2(O)C(=O)N(Cc3ccc(C)cc3)c3ccc(Br)cc32)cc1. The molecule has 4 rings (SSSR count). The second-order valence-electron chi connectivity index (χ2n) is 7.73. The van der Waals surface area contributed by atoms with E-state index in [1.165, 1.54) is 0 Å². The van der Waals surface area contributed by atoms with Gasteiger partial charge in [-0.1, -0.05) is 45.8 Å². The van der Waals surface area contributed by atoms with Gasteiger partial charge in [-0.3, -0.25) is 9.59 Å². The number of Topliss-reactive ketones (excluding diaryl/α,β-unsaturated/α-hetero) is 1. The number of ether oxygens (including phenoxy) is 1. The number of rotatable bonds is 6. The van der Waals surface area contributed by atoms with Crippen LogP contribution in [-0.2, 0) is 16.9 Å². The second kappa shape index (κ2) is 8.29. The topological polar surface area (TPSA) is 66.8 Å². The van der Waals surface area contributed by atoms with Crippen LogP contribution in [-0.4, -0.2) is 23.9 Å². The molecule has 3 aromatic carbocycles. The van der Waals surface area contributed by atoms with E-state index < -0.39 is 11.5 Å². The summed E-state index contributed by atoms with van der Waals surface area (Å²) in [6.45, 7) is 2.31. The molecule has 0 fully saturated rings. The lowest BCUT2D eigenvalue weighted by Gasteiger charge is -2.23. The van der Waals surface area contributed by atoms with Crippen molar-refractivity contribution in [2.75, 3.05) is 12.0 Å². The summed E-state index contributed by atoms with van der Waals surface area (Å²) in [4.78, 5) is 27.9. The number of benzene rings is 3. The van der Waals surface area contributed by atoms with Gasteiger partial charge in [-0.05, 0) is 55.0 Å². The molecule has 3 aromatic rings. The van der Waals surface area contributed by atoms with Crippen LogP contribution < -0.4 is 9.64 Å². The summed E-state index contributed by atoms with van der Waals surface area (Å²) < 4.78 is 5.86. The van der Waals surface area contributed by atoms with Gasteiger partial charge in [-0.25, -0.2) is 0 Å². The highest BCUT2D eigenvalue weighted by Gasteiger charge is 2.51. The summed E-state index contributed by atoms with van der Waals surface area (Å²) in [5, 5.41) is 11.5. The molecule has 1 aliphatic rings. The summed E-state index contributed by atoms with van der Waals surface area (Å²) in [7, 11) is 1.55. The van der Waals surface area contributed by atoms with E-state index in [1.54, 1.807) is 48.4 Å². The molecule has 158 valence electrons. The number of aryl methyl sites for hydroxylation is 1. The highest BCUT2D eigenvalue weighted by atomic mass is 79.9. The fourth-order valence-electron chi connectivity index (χ4n) is 3.84. The number of nitrogens with zero attached hydrogens (tertiary/aromatic N) is 1. The molecule has 0 aromatic heterocycles. The van der Waals surface area contributed by atoms with Crippen molar-refractivity contribution in [3.63, 3.8) is 0 Å². The average Bonchev–Trinajstić information content (AvgIpc) is 2.96. The Morgan fingerprint density at radius 3 is 2.39 bits per heavy atom. The van der Waals surface area contributed by atoms with E-state index in [-0.39, 0.29) is 12.2 Å². The zero-order chi connectivity index (χ0) is 22.2. The molecular weight excluding hydrogens is 458 g/mol. The van der Waals surface area contributed by atoms with E-state index in [9.17, 15) is 14.7 Å². The lowest BCUT2D eigenvalue weighted by atomic mass is 9.88. The summed E-state index contributed by atoms with van der Waals surface area (Å²) in [6.07, 6.45) is -0.341. The maximum Gasteiger partial charge on any atom is 0.264 e. The van der Waals surface area contributed by atoms with E-state index in [1.807, 2.05) is 37.3 Å². The fraction of sp³-hybridized carbons (Fsp3) is 0.200. The van der Waals surface area contributed by atoms with Crippen molar-refractivity contribution >= 4 is 33.3 Å². The van der Waals surface area contributed by atoms with E-state index in [0.717, 1.165) is 15.6 Å². The predicted octanol–water partition coefficient (Wildman–Crippen LogP) is 4.77. The number of anilines is 1. The van der Waals surface area contributed by atoms with Gasteiger partial charge in [0.05, 0.1) is 25.8 Å². The van der Waals surface area contributed by atoms with Crippen molar-refractivity contribution in [1.29, 1.82) is 0 Å².